The molecule has 0 bridgehead atoms. The van der Waals surface area contributed by atoms with Crippen LogP contribution in [-0.2, 0) is 26.0 Å². The van der Waals surface area contributed by atoms with Gasteiger partial charge in [0.15, 0.2) is 0 Å². The Kier molecular flexibility index (Phi) is 11.3. The van der Waals surface area contributed by atoms with Crippen molar-refractivity contribution in [2.45, 2.75) is 63.9 Å². The third-order valence-electron chi connectivity index (χ3n) is 6.87. The first-order chi connectivity index (χ1) is 19.1. The summed E-state index contributed by atoms with van der Waals surface area (Å²) in [5.74, 6) is -0.685. The SMILES string of the molecule is CC[C@H](C)NC(=O)[C@H](CC)N(CCc1ccccc1)C(=O)CN(c1ccc(Br)cc1)S(=O)(=O)c1ccc(C)cc1. The Labute approximate surface area is 246 Å². The van der Waals surface area contributed by atoms with Gasteiger partial charge in [0.05, 0.1) is 10.6 Å². The van der Waals surface area contributed by atoms with Crippen molar-refractivity contribution in [2.24, 2.45) is 0 Å². The van der Waals surface area contributed by atoms with Crippen LogP contribution in [0.3, 0.4) is 0 Å². The molecule has 0 saturated heterocycles. The molecule has 9 heteroatoms. The van der Waals surface area contributed by atoms with Gasteiger partial charge in [0.25, 0.3) is 10.0 Å². The van der Waals surface area contributed by atoms with Crippen molar-refractivity contribution in [1.82, 2.24) is 10.2 Å². The fraction of sp³-hybridized carbons (Fsp3) is 0.355. The van der Waals surface area contributed by atoms with Crippen LogP contribution in [0, 0.1) is 6.92 Å². The zero-order chi connectivity index (χ0) is 29.3. The lowest BCUT2D eigenvalue weighted by Crippen LogP contribution is -2.54. The van der Waals surface area contributed by atoms with Crippen LogP contribution in [0.5, 0.6) is 0 Å². The summed E-state index contributed by atoms with van der Waals surface area (Å²) in [7, 11) is -4.09. The Hall–Kier alpha value is -3.17. The van der Waals surface area contributed by atoms with Gasteiger partial charge in [-0.25, -0.2) is 8.42 Å². The molecule has 3 rings (SSSR count). The molecule has 3 aromatic rings. The van der Waals surface area contributed by atoms with Crippen molar-refractivity contribution in [3.63, 3.8) is 0 Å². The first-order valence-corrected chi connectivity index (χ1v) is 15.8. The molecule has 40 heavy (non-hydrogen) atoms. The highest BCUT2D eigenvalue weighted by Gasteiger charge is 2.33. The Morgan fingerprint density at radius 3 is 2.10 bits per heavy atom. The molecule has 0 heterocycles. The molecule has 0 fully saturated rings. The van der Waals surface area contributed by atoms with Crippen LogP contribution in [0.25, 0.3) is 0 Å². The summed E-state index contributed by atoms with van der Waals surface area (Å²) >= 11 is 3.40. The molecule has 0 spiro atoms. The number of sulfonamides is 1. The summed E-state index contributed by atoms with van der Waals surface area (Å²) in [6.45, 7) is 7.47. The van der Waals surface area contributed by atoms with E-state index in [0.717, 1.165) is 26.3 Å². The lowest BCUT2D eigenvalue weighted by Gasteiger charge is -2.33. The largest absolute Gasteiger partial charge is 0.352 e. The standard InChI is InChI=1S/C31H38BrN3O4S/c1-5-24(4)33-31(37)29(6-2)34(21-20-25-10-8-7-9-11-25)30(36)22-35(27-16-14-26(32)15-17-27)40(38,39)28-18-12-23(3)13-19-28/h7-19,24,29H,5-6,20-22H2,1-4H3,(H,33,37)/t24-,29-/m0/s1. The molecule has 0 radical (unpaired) electrons. The molecular weight excluding hydrogens is 590 g/mol. The molecule has 0 aliphatic carbocycles. The number of halogens is 1. The second kappa shape index (κ2) is 14.5. The maximum atomic E-state index is 14.0. The highest BCUT2D eigenvalue weighted by molar-refractivity contribution is 9.10. The van der Waals surface area contributed by atoms with Gasteiger partial charge in [-0.05, 0) is 75.1 Å². The molecular formula is C31H38BrN3O4S. The third kappa shape index (κ3) is 8.17. The van der Waals surface area contributed by atoms with Crippen LogP contribution in [0.15, 0.2) is 88.2 Å². The molecule has 2 amide bonds. The van der Waals surface area contributed by atoms with E-state index >= 15 is 0 Å². The highest BCUT2D eigenvalue weighted by atomic mass is 79.9. The average Bonchev–Trinajstić information content (AvgIpc) is 2.95. The van der Waals surface area contributed by atoms with Crippen LogP contribution in [-0.4, -0.2) is 50.3 Å². The normalized spacial score (nSPS) is 12.8. The van der Waals surface area contributed by atoms with Crippen LogP contribution < -0.4 is 9.62 Å². The van der Waals surface area contributed by atoms with Gasteiger partial charge in [-0.3, -0.25) is 13.9 Å². The lowest BCUT2D eigenvalue weighted by atomic mass is 10.1. The number of nitrogens with one attached hydrogen (secondary N) is 1. The maximum Gasteiger partial charge on any atom is 0.264 e. The Bertz CT molecular complexity index is 1360. The van der Waals surface area contributed by atoms with Gasteiger partial charge < -0.3 is 10.2 Å². The molecule has 3 aromatic carbocycles. The highest BCUT2D eigenvalue weighted by Crippen LogP contribution is 2.26. The first kappa shape index (κ1) is 31.4. The van der Waals surface area contributed by atoms with Crippen LogP contribution in [0.4, 0.5) is 5.69 Å². The minimum atomic E-state index is -4.09. The van der Waals surface area contributed by atoms with Crippen molar-refractivity contribution < 1.29 is 18.0 Å². The number of carbonyl (C=O) groups excluding carboxylic acids is 2. The minimum absolute atomic E-state index is 0.0474. The smallest absolute Gasteiger partial charge is 0.264 e. The van der Waals surface area contributed by atoms with E-state index in [1.807, 2.05) is 58.0 Å². The lowest BCUT2D eigenvalue weighted by molar-refractivity contribution is -0.139. The number of hydrogen-bond donors (Lipinski definition) is 1. The van der Waals surface area contributed by atoms with Crippen molar-refractivity contribution in [2.75, 3.05) is 17.4 Å². The number of amides is 2. The predicted molar refractivity (Wildman–Crippen MR) is 164 cm³/mol. The fourth-order valence-corrected chi connectivity index (χ4v) is 5.99. The van der Waals surface area contributed by atoms with Crippen LogP contribution >= 0.6 is 15.9 Å². The Morgan fingerprint density at radius 1 is 0.900 bits per heavy atom. The summed E-state index contributed by atoms with van der Waals surface area (Å²) in [4.78, 5) is 29.0. The number of nitrogens with zero attached hydrogens (tertiary/aromatic N) is 2. The van der Waals surface area contributed by atoms with E-state index in [2.05, 4.69) is 21.2 Å². The fourth-order valence-electron chi connectivity index (χ4n) is 4.31. The second-order valence-electron chi connectivity index (χ2n) is 9.87. The van der Waals surface area contributed by atoms with E-state index in [9.17, 15) is 18.0 Å². The van der Waals surface area contributed by atoms with E-state index in [-0.39, 0.29) is 23.4 Å². The van der Waals surface area contributed by atoms with Crippen molar-refractivity contribution >= 4 is 43.5 Å². The number of aryl methyl sites for hydroxylation is 1. The Balaban J connectivity index is 2.00. The summed E-state index contributed by atoms with van der Waals surface area (Å²) in [6, 6.07) is 22.3. The summed E-state index contributed by atoms with van der Waals surface area (Å²) < 4.78 is 29.7. The van der Waals surface area contributed by atoms with E-state index in [4.69, 9.17) is 0 Å². The van der Waals surface area contributed by atoms with Crippen molar-refractivity contribution in [3.05, 3.63) is 94.5 Å². The first-order valence-electron chi connectivity index (χ1n) is 13.6. The average molecular weight is 629 g/mol. The van der Waals surface area contributed by atoms with Crippen molar-refractivity contribution in [3.8, 4) is 0 Å². The molecule has 0 saturated carbocycles. The summed E-state index contributed by atoms with van der Waals surface area (Å²) in [6.07, 6.45) is 1.68. The molecule has 0 aromatic heterocycles. The number of anilines is 1. The second-order valence-corrected chi connectivity index (χ2v) is 12.6. The number of benzene rings is 3. The van der Waals surface area contributed by atoms with Gasteiger partial charge in [0.2, 0.25) is 11.8 Å². The molecule has 7 nitrogen and oxygen atoms in total. The molecule has 1 N–H and O–H groups in total. The van der Waals surface area contributed by atoms with Crippen molar-refractivity contribution in [1.29, 1.82) is 0 Å². The van der Waals surface area contributed by atoms with E-state index in [1.165, 1.54) is 4.90 Å². The topological polar surface area (TPSA) is 86.8 Å². The molecule has 0 aliphatic rings. The van der Waals surface area contributed by atoms with E-state index in [1.54, 1.807) is 48.5 Å². The van der Waals surface area contributed by atoms with Gasteiger partial charge in [-0.2, -0.15) is 0 Å². The third-order valence-corrected chi connectivity index (χ3v) is 9.19. The van der Waals surface area contributed by atoms with Gasteiger partial charge in [0, 0.05) is 17.1 Å². The van der Waals surface area contributed by atoms with E-state index < -0.39 is 28.5 Å². The predicted octanol–water partition coefficient (Wildman–Crippen LogP) is 5.72. The molecule has 0 unspecified atom stereocenters. The van der Waals surface area contributed by atoms with E-state index in [0.29, 0.717) is 18.5 Å². The van der Waals surface area contributed by atoms with Gasteiger partial charge in [0.1, 0.15) is 12.6 Å². The zero-order valence-corrected chi connectivity index (χ0v) is 25.9. The number of hydrogen-bond acceptors (Lipinski definition) is 4. The van der Waals surface area contributed by atoms with Gasteiger partial charge in [-0.1, -0.05) is 77.8 Å². The van der Waals surface area contributed by atoms with Crippen LogP contribution in [0.1, 0.15) is 44.7 Å². The maximum absolute atomic E-state index is 14.0. The van der Waals surface area contributed by atoms with Crippen LogP contribution in [0.2, 0.25) is 0 Å². The molecule has 2 atom stereocenters. The van der Waals surface area contributed by atoms with Gasteiger partial charge >= 0.3 is 0 Å². The summed E-state index contributed by atoms with van der Waals surface area (Å²) in [5, 5.41) is 3.00. The number of rotatable bonds is 13. The monoisotopic (exact) mass is 627 g/mol. The van der Waals surface area contributed by atoms with Gasteiger partial charge in [-0.15, -0.1) is 0 Å². The summed E-state index contributed by atoms with van der Waals surface area (Å²) in [5.41, 5.74) is 2.31. The molecule has 0 aliphatic heterocycles. The zero-order valence-electron chi connectivity index (χ0n) is 23.5. The molecule has 214 valence electrons. The minimum Gasteiger partial charge on any atom is -0.352 e. The quantitative estimate of drug-likeness (QED) is 0.263. The Morgan fingerprint density at radius 2 is 1.52 bits per heavy atom. The number of carbonyl (C=O) groups is 2.